The minimum atomic E-state index is 0.916. The van der Waals surface area contributed by atoms with Crippen molar-refractivity contribution in [1.82, 2.24) is 9.97 Å². The second-order valence-corrected chi connectivity index (χ2v) is 5.99. The van der Waals surface area contributed by atoms with Gasteiger partial charge in [0, 0.05) is 15.6 Å². The summed E-state index contributed by atoms with van der Waals surface area (Å²) in [6.07, 6.45) is 1.63. The highest BCUT2D eigenvalue weighted by molar-refractivity contribution is 9.10. The Kier molecular flexibility index (Phi) is 3.80. The van der Waals surface area contributed by atoms with Crippen molar-refractivity contribution in [2.24, 2.45) is 0 Å². The van der Waals surface area contributed by atoms with Crippen LogP contribution in [0.2, 0.25) is 0 Å². The van der Waals surface area contributed by atoms with Crippen LogP contribution in [0.3, 0.4) is 0 Å². The van der Waals surface area contributed by atoms with E-state index in [1.54, 1.807) is 18.1 Å². The number of hydrogen-bond donors (Lipinski definition) is 0. The Labute approximate surface area is 124 Å². The molecule has 4 heteroatoms. The normalized spacial score (nSPS) is 10.8. The van der Waals surface area contributed by atoms with Gasteiger partial charge in [-0.1, -0.05) is 46.3 Å². The summed E-state index contributed by atoms with van der Waals surface area (Å²) in [7, 11) is 0. The Morgan fingerprint density at radius 2 is 1.84 bits per heavy atom. The van der Waals surface area contributed by atoms with Gasteiger partial charge in [-0.15, -0.1) is 11.8 Å². The summed E-state index contributed by atoms with van der Waals surface area (Å²) >= 11 is 5.24. The van der Waals surface area contributed by atoms with Crippen molar-refractivity contribution in [3.8, 4) is 0 Å². The van der Waals surface area contributed by atoms with Crippen molar-refractivity contribution in [3.63, 3.8) is 0 Å². The Hall–Kier alpha value is -1.39. The first-order chi connectivity index (χ1) is 9.33. The average molecular weight is 331 g/mol. The number of aromatic nitrogens is 2. The van der Waals surface area contributed by atoms with Gasteiger partial charge in [-0.3, -0.25) is 0 Å². The van der Waals surface area contributed by atoms with E-state index in [1.807, 2.05) is 18.2 Å². The number of thioether (sulfide) groups is 1. The highest BCUT2D eigenvalue weighted by Crippen LogP contribution is 2.29. The van der Waals surface area contributed by atoms with Gasteiger partial charge in [0.1, 0.15) is 11.4 Å². The molecule has 1 aromatic heterocycles. The Bertz CT molecular complexity index is 701. The van der Waals surface area contributed by atoms with E-state index in [4.69, 9.17) is 0 Å². The van der Waals surface area contributed by atoms with Crippen LogP contribution >= 0.6 is 27.7 Å². The summed E-state index contributed by atoms with van der Waals surface area (Å²) in [5.74, 6) is 0.916. The number of rotatable bonds is 3. The summed E-state index contributed by atoms with van der Waals surface area (Å²) in [5, 5.41) is 2.12. The van der Waals surface area contributed by atoms with Crippen LogP contribution in [0.5, 0.6) is 0 Å². The second kappa shape index (κ2) is 5.72. The predicted molar refractivity (Wildman–Crippen MR) is 83.2 cm³/mol. The lowest BCUT2D eigenvalue weighted by Gasteiger charge is -2.05. The molecule has 0 bridgehead atoms. The number of halogens is 1. The molecule has 0 aliphatic carbocycles. The van der Waals surface area contributed by atoms with Crippen molar-refractivity contribution in [1.29, 1.82) is 0 Å². The number of hydrogen-bond acceptors (Lipinski definition) is 3. The predicted octanol–water partition coefficient (Wildman–Crippen LogP) is 4.68. The zero-order chi connectivity index (χ0) is 13.1. The van der Waals surface area contributed by atoms with E-state index in [-0.39, 0.29) is 0 Å². The first kappa shape index (κ1) is 12.6. The van der Waals surface area contributed by atoms with Gasteiger partial charge in [-0.25, -0.2) is 9.97 Å². The Balaban J connectivity index is 1.90. The molecule has 0 amide bonds. The maximum atomic E-state index is 4.39. The van der Waals surface area contributed by atoms with E-state index in [1.165, 1.54) is 5.56 Å². The zero-order valence-electron chi connectivity index (χ0n) is 10.1. The number of fused-ring (bicyclic) bond motifs is 1. The maximum Gasteiger partial charge on any atom is 0.117 e. The van der Waals surface area contributed by atoms with Crippen LogP contribution in [0.25, 0.3) is 10.9 Å². The van der Waals surface area contributed by atoms with Gasteiger partial charge < -0.3 is 0 Å². The molecular formula is C15H11BrN2S. The minimum Gasteiger partial charge on any atom is -0.236 e. The summed E-state index contributed by atoms with van der Waals surface area (Å²) < 4.78 is 1.05. The highest BCUT2D eigenvalue weighted by atomic mass is 79.9. The van der Waals surface area contributed by atoms with E-state index in [0.717, 1.165) is 26.2 Å². The lowest BCUT2D eigenvalue weighted by molar-refractivity contribution is 1.10. The summed E-state index contributed by atoms with van der Waals surface area (Å²) in [6.45, 7) is 0. The van der Waals surface area contributed by atoms with Crippen LogP contribution in [0.15, 0.2) is 64.4 Å². The quantitative estimate of drug-likeness (QED) is 0.515. The van der Waals surface area contributed by atoms with Crippen LogP contribution < -0.4 is 0 Å². The fourth-order valence-electron chi connectivity index (χ4n) is 1.85. The third-order valence-electron chi connectivity index (χ3n) is 2.78. The van der Waals surface area contributed by atoms with E-state index < -0.39 is 0 Å². The molecule has 94 valence electrons. The molecular weight excluding hydrogens is 320 g/mol. The molecule has 0 unspecified atom stereocenters. The fraction of sp³-hybridized carbons (Fsp3) is 0.0667. The molecule has 0 spiro atoms. The van der Waals surface area contributed by atoms with Gasteiger partial charge in [0.15, 0.2) is 0 Å². The molecule has 1 heterocycles. The summed E-state index contributed by atoms with van der Waals surface area (Å²) in [5.41, 5.74) is 2.28. The third-order valence-corrected chi connectivity index (χ3v) is 4.35. The Morgan fingerprint density at radius 1 is 1.00 bits per heavy atom. The molecule has 0 saturated heterocycles. The zero-order valence-corrected chi connectivity index (χ0v) is 12.5. The molecule has 3 aromatic rings. The van der Waals surface area contributed by atoms with Crippen molar-refractivity contribution < 1.29 is 0 Å². The third kappa shape index (κ3) is 2.96. The van der Waals surface area contributed by atoms with Gasteiger partial charge in [0.25, 0.3) is 0 Å². The fourth-order valence-corrected chi connectivity index (χ4v) is 3.14. The smallest absolute Gasteiger partial charge is 0.117 e. The van der Waals surface area contributed by atoms with E-state index in [0.29, 0.717) is 0 Å². The van der Waals surface area contributed by atoms with Crippen molar-refractivity contribution in [3.05, 3.63) is 64.9 Å². The van der Waals surface area contributed by atoms with Crippen LogP contribution in [0, 0.1) is 0 Å². The minimum absolute atomic E-state index is 0.916. The average Bonchev–Trinajstić information content (AvgIpc) is 2.46. The SMILES string of the molecule is Brc1ccc2ncnc(SCc3ccccc3)c2c1. The second-order valence-electron chi connectivity index (χ2n) is 4.11. The van der Waals surface area contributed by atoms with Gasteiger partial charge in [0.05, 0.1) is 5.52 Å². The number of nitrogens with zero attached hydrogens (tertiary/aromatic N) is 2. The van der Waals surface area contributed by atoms with Gasteiger partial charge in [0.2, 0.25) is 0 Å². The molecule has 3 rings (SSSR count). The van der Waals surface area contributed by atoms with Crippen LogP contribution in [0.1, 0.15) is 5.56 Å². The van der Waals surface area contributed by atoms with Crippen molar-refractivity contribution >= 4 is 38.6 Å². The molecule has 2 nitrogen and oxygen atoms in total. The van der Waals surface area contributed by atoms with Crippen LogP contribution in [-0.4, -0.2) is 9.97 Å². The first-order valence-corrected chi connectivity index (χ1v) is 7.68. The molecule has 0 aliphatic rings. The molecule has 0 aliphatic heterocycles. The van der Waals surface area contributed by atoms with Crippen LogP contribution in [-0.2, 0) is 5.75 Å². The van der Waals surface area contributed by atoms with Gasteiger partial charge in [-0.05, 0) is 23.8 Å². The standard InChI is InChI=1S/C15H11BrN2S/c16-12-6-7-14-13(8-12)15(18-10-17-14)19-9-11-4-2-1-3-5-11/h1-8,10H,9H2. The van der Waals surface area contributed by atoms with E-state index in [9.17, 15) is 0 Å². The van der Waals surface area contributed by atoms with E-state index in [2.05, 4.69) is 56.2 Å². The van der Waals surface area contributed by atoms with Crippen LogP contribution in [0.4, 0.5) is 0 Å². The largest absolute Gasteiger partial charge is 0.236 e. The molecule has 2 aromatic carbocycles. The van der Waals surface area contributed by atoms with Gasteiger partial charge >= 0.3 is 0 Å². The summed E-state index contributed by atoms with van der Waals surface area (Å²) in [6, 6.07) is 16.5. The number of benzene rings is 2. The van der Waals surface area contributed by atoms with Crippen molar-refractivity contribution in [2.75, 3.05) is 0 Å². The molecule has 0 N–H and O–H groups in total. The first-order valence-electron chi connectivity index (χ1n) is 5.90. The highest BCUT2D eigenvalue weighted by Gasteiger charge is 2.05. The molecule has 0 radical (unpaired) electrons. The Morgan fingerprint density at radius 3 is 2.68 bits per heavy atom. The molecule has 0 fully saturated rings. The lowest BCUT2D eigenvalue weighted by Crippen LogP contribution is -1.88. The molecule has 0 atom stereocenters. The van der Waals surface area contributed by atoms with Gasteiger partial charge in [-0.2, -0.15) is 0 Å². The topological polar surface area (TPSA) is 25.8 Å². The van der Waals surface area contributed by atoms with E-state index >= 15 is 0 Å². The van der Waals surface area contributed by atoms with Crippen molar-refractivity contribution in [2.45, 2.75) is 10.8 Å². The maximum absolute atomic E-state index is 4.39. The lowest BCUT2D eigenvalue weighted by atomic mass is 10.2. The molecule has 19 heavy (non-hydrogen) atoms. The monoisotopic (exact) mass is 330 g/mol. The summed E-state index contributed by atoms with van der Waals surface area (Å²) in [4.78, 5) is 8.69. The molecule has 0 saturated carbocycles.